The van der Waals surface area contributed by atoms with Crippen LogP contribution in [0.5, 0.6) is 0 Å². The van der Waals surface area contributed by atoms with Gasteiger partial charge in [0.2, 0.25) is 5.91 Å². The number of aryl methyl sites for hydroxylation is 2. The van der Waals surface area contributed by atoms with E-state index in [0.717, 1.165) is 28.3 Å². The Hall–Kier alpha value is -2.89. The van der Waals surface area contributed by atoms with Crippen LogP contribution in [0.4, 0.5) is 5.69 Å². The summed E-state index contributed by atoms with van der Waals surface area (Å²) >= 11 is 0. The van der Waals surface area contributed by atoms with E-state index in [1.54, 1.807) is 22.8 Å². The normalized spacial score (nSPS) is 14.5. The van der Waals surface area contributed by atoms with E-state index >= 15 is 0 Å². The van der Waals surface area contributed by atoms with E-state index in [2.05, 4.69) is 22.3 Å². The molecule has 1 N–H and O–H groups in total. The van der Waals surface area contributed by atoms with Crippen LogP contribution in [0.15, 0.2) is 47.7 Å². The molecule has 0 unspecified atom stereocenters. The second kappa shape index (κ2) is 10.2. The lowest BCUT2D eigenvalue weighted by molar-refractivity contribution is -0.120. The Kier molecular flexibility index (Phi) is 7.54. The van der Waals surface area contributed by atoms with E-state index in [1.807, 2.05) is 60.1 Å². The van der Waals surface area contributed by atoms with Crippen LogP contribution >= 0.6 is 24.0 Å². The molecule has 0 spiro atoms. The second-order valence-corrected chi connectivity index (χ2v) is 7.64. The zero-order valence-electron chi connectivity index (χ0n) is 18.8. The summed E-state index contributed by atoms with van der Waals surface area (Å²) in [6, 6.07) is 10.1. The van der Waals surface area contributed by atoms with Gasteiger partial charge in [-0.2, -0.15) is 10.2 Å². The predicted molar refractivity (Wildman–Crippen MR) is 136 cm³/mol. The molecule has 3 heterocycles. The van der Waals surface area contributed by atoms with E-state index in [0.29, 0.717) is 25.6 Å². The first kappa shape index (κ1) is 23.8. The van der Waals surface area contributed by atoms with Gasteiger partial charge in [-0.25, -0.2) is 4.68 Å². The molecular formula is C22H29IN8O. The van der Waals surface area contributed by atoms with Crippen LogP contribution in [-0.4, -0.2) is 63.0 Å². The minimum Gasteiger partial charge on any atom is -0.352 e. The third kappa shape index (κ3) is 4.79. The van der Waals surface area contributed by atoms with Crippen molar-refractivity contribution in [2.45, 2.75) is 20.4 Å². The number of carbonyl (C=O) groups excluding carboxylic acids is 1. The summed E-state index contributed by atoms with van der Waals surface area (Å²) in [7, 11) is 3.59. The topological polar surface area (TPSA) is 83.6 Å². The summed E-state index contributed by atoms with van der Waals surface area (Å²) in [4.78, 5) is 20.9. The molecule has 32 heavy (non-hydrogen) atoms. The van der Waals surface area contributed by atoms with E-state index < -0.39 is 0 Å². The van der Waals surface area contributed by atoms with Gasteiger partial charge in [0.05, 0.1) is 23.3 Å². The largest absolute Gasteiger partial charge is 0.352 e. The van der Waals surface area contributed by atoms with Crippen LogP contribution in [0.2, 0.25) is 0 Å². The molecule has 1 aliphatic heterocycles. The van der Waals surface area contributed by atoms with E-state index in [9.17, 15) is 4.79 Å². The molecule has 1 aliphatic rings. The maximum Gasteiger partial charge on any atom is 0.246 e. The van der Waals surface area contributed by atoms with Gasteiger partial charge in [-0.05, 0) is 26.0 Å². The van der Waals surface area contributed by atoms with Crippen LogP contribution < -0.4 is 10.2 Å². The first-order valence-electron chi connectivity index (χ1n) is 10.3. The average molecular weight is 548 g/mol. The predicted octanol–water partition coefficient (Wildman–Crippen LogP) is 2.26. The first-order chi connectivity index (χ1) is 15.0. The minimum atomic E-state index is 0. The van der Waals surface area contributed by atoms with Gasteiger partial charge in [0.15, 0.2) is 5.96 Å². The Morgan fingerprint density at radius 2 is 1.91 bits per heavy atom. The van der Waals surface area contributed by atoms with Gasteiger partial charge in [-0.15, -0.1) is 24.0 Å². The molecule has 0 atom stereocenters. The number of hydrogen-bond donors (Lipinski definition) is 1. The number of amides is 1. The lowest BCUT2D eigenvalue weighted by atomic mass is 10.2. The zero-order valence-corrected chi connectivity index (χ0v) is 21.1. The molecule has 1 amide bonds. The molecule has 2 aromatic heterocycles. The van der Waals surface area contributed by atoms with Crippen LogP contribution in [0.1, 0.15) is 17.0 Å². The number of nitrogens with one attached hydrogen (secondary N) is 1. The highest BCUT2D eigenvalue weighted by atomic mass is 127. The summed E-state index contributed by atoms with van der Waals surface area (Å²) in [6.07, 6.45) is 3.58. The third-order valence-corrected chi connectivity index (χ3v) is 5.60. The number of benzene rings is 1. The maximum atomic E-state index is 12.7. The van der Waals surface area contributed by atoms with Crippen LogP contribution in [-0.2, 0) is 18.4 Å². The fourth-order valence-corrected chi connectivity index (χ4v) is 3.93. The first-order valence-corrected chi connectivity index (χ1v) is 10.3. The Balaban J connectivity index is 0.00000289. The Morgan fingerprint density at radius 3 is 2.53 bits per heavy atom. The minimum absolute atomic E-state index is 0. The summed E-state index contributed by atoms with van der Waals surface area (Å²) in [5.74, 6) is 0.747. The van der Waals surface area contributed by atoms with Crippen LogP contribution in [0.3, 0.4) is 0 Å². The van der Waals surface area contributed by atoms with E-state index in [4.69, 9.17) is 5.10 Å². The van der Waals surface area contributed by atoms with Gasteiger partial charge in [0, 0.05) is 51.2 Å². The van der Waals surface area contributed by atoms with Crippen molar-refractivity contribution in [3.8, 4) is 5.69 Å². The number of hydrogen-bond acceptors (Lipinski definition) is 4. The molecule has 10 heteroatoms. The van der Waals surface area contributed by atoms with Crippen molar-refractivity contribution in [2.75, 3.05) is 31.6 Å². The van der Waals surface area contributed by atoms with Gasteiger partial charge >= 0.3 is 0 Å². The number of guanidine groups is 1. The van der Waals surface area contributed by atoms with Crippen molar-refractivity contribution in [1.82, 2.24) is 29.8 Å². The molecule has 0 radical (unpaired) electrons. The molecule has 170 valence electrons. The number of aromatic nitrogens is 4. The average Bonchev–Trinajstić information content (AvgIpc) is 3.32. The molecule has 1 saturated heterocycles. The quantitative estimate of drug-likeness (QED) is 0.308. The molecule has 9 nitrogen and oxygen atoms in total. The number of aliphatic imine (C=N–C) groups is 1. The summed E-state index contributed by atoms with van der Waals surface area (Å²) in [6.45, 7) is 6.24. The van der Waals surface area contributed by atoms with Crippen LogP contribution in [0, 0.1) is 13.8 Å². The number of para-hydroxylation sites is 1. The number of piperazine rings is 1. The Morgan fingerprint density at radius 1 is 1.16 bits per heavy atom. The van der Waals surface area contributed by atoms with Gasteiger partial charge in [-0.1, -0.05) is 18.2 Å². The van der Waals surface area contributed by atoms with Crippen molar-refractivity contribution < 1.29 is 4.79 Å². The van der Waals surface area contributed by atoms with Crippen molar-refractivity contribution in [2.24, 2.45) is 12.0 Å². The standard InChI is InChI=1S/C22H28N8O.HI/c1-16-20(17(2)30(26-16)18-8-6-5-7-9-18)13-24-22(23-3)28-10-11-29(21(31)15-28)19-12-25-27(4)14-19;/h5-9,12,14H,10-11,13,15H2,1-4H3,(H,23,24);1H. The fourth-order valence-electron chi connectivity index (χ4n) is 3.93. The number of halogens is 1. The van der Waals surface area contributed by atoms with Crippen LogP contribution in [0.25, 0.3) is 5.69 Å². The third-order valence-electron chi connectivity index (χ3n) is 5.60. The van der Waals surface area contributed by atoms with Gasteiger partial charge in [-0.3, -0.25) is 14.5 Å². The number of carbonyl (C=O) groups is 1. The lowest BCUT2D eigenvalue weighted by Gasteiger charge is -2.35. The Labute approximate surface area is 205 Å². The number of nitrogens with zero attached hydrogens (tertiary/aromatic N) is 7. The van der Waals surface area contributed by atoms with E-state index in [-0.39, 0.29) is 36.4 Å². The van der Waals surface area contributed by atoms with Gasteiger partial charge in [0.25, 0.3) is 0 Å². The molecule has 0 bridgehead atoms. The molecule has 1 aromatic carbocycles. The molecule has 3 aromatic rings. The molecule has 1 fully saturated rings. The zero-order chi connectivity index (χ0) is 22.0. The highest BCUT2D eigenvalue weighted by Crippen LogP contribution is 2.19. The monoisotopic (exact) mass is 548 g/mol. The number of rotatable bonds is 4. The summed E-state index contributed by atoms with van der Waals surface area (Å²) in [5, 5.41) is 12.3. The smallest absolute Gasteiger partial charge is 0.246 e. The van der Waals surface area contributed by atoms with Gasteiger partial charge < -0.3 is 15.1 Å². The van der Waals surface area contributed by atoms with Crippen molar-refractivity contribution in [1.29, 1.82) is 0 Å². The Bertz CT molecular complexity index is 1100. The molecular weight excluding hydrogens is 519 g/mol. The molecule has 0 aliphatic carbocycles. The van der Waals surface area contributed by atoms with Crippen molar-refractivity contribution in [3.05, 3.63) is 59.7 Å². The molecule has 0 saturated carbocycles. The van der Waals surface area contributed by atoms with E-state index in [1.165, 1.54) is 0 Å². The van der Waals surface area contributed by atoms with Crippen molar-refractivity contribution >= 4 is 41.5 Å². The fraction of sp³-hybridized carbons (Fsp3) is 0.364. The second-order valence-electron chi connectivity index (χ2n) is 7.64. The lowest BCUT2D eigenvalue weighted by Crippen LogP contribution is -2.55. The van der Waals surface area contributed by atoms with Gasteiger partial charge in [0.1, 0.15) is 6.54 Å². The number of anilines is 1. The highest BCUT2D eigenvalue weighted by Gasteiger charge is 2.28. The van der Waals surface area contributed by atoms with Crippen molar-refractivity contribution in [3.63, 3.8) is 0 Å². The summed E-state index contributed by atoms with van der Waals surface area (Å²) in [5.41, 5.74) is 5.06. The SMILES string of the molecule is CN=C(NCc1c(C)nn(-c2ccccc2)c1C)N1CCN(c2cnn(C)c2)C(=O)C1.I. The summed E-state index contributed by atoms with van der Waals surface area (Å²) < 4.78 is 3.67. The maximum absolute atomic E-state index is 12.7. The molecule has 4 rings (SSSR count). The highest BCUT2D eigenvalue weighted by molar-refractivity contribution is 14.0.